The molecule has 0 unspecified atom stereocenters. The number of carbonyl (C=O) groups is 4. The lowest BCUT2D eigenvalue weighted by Crippen LogP contribution is -2.53. The first-order valence-corrected chi connectivity index (χ1v) is 16.5. The second kappa shape index (κ2) is 11.5. The lowest BCUT2D eigenvalue weighted by molar-refractivity contribution is -0.138. The van der Waals surface area contributed by atoms with Crippen molar-refractivity contribution >= 4 is 35.0 Å². The molecular weight excluding hydrogens is 618 g/mol. The van der Waals surface area contributed by atoms with Crippen molar-refractivity contribution in [2.45, 2.75) is 31.1 Å². The van der Waals surface area contributed by atoms with Crippen molar-refractivity contribution in [3.05, 3.63) is 131 Å². The van der Waals surface area contributed by atoms with E-state index in [1.165, 1.54) is 18.1 Å². The molecule has 9 heteroatoms. The molecule has 1 saturated carbocycles. The summed E-state index contributed by atoms with van der Waals surface area (Å²) < 4.78 is 5.84. The number of fused-ring (bicyclic) bond motifs is 4. The average Bonchev–Trinajstić information content (AvgIpc) is 3.50. The van der Waals surface area contributed by atoms with Crippen molar-refractivity contribution in [1.29, 1.82) is 0 Å². The monoisotopic (exact) mass is 653 g/mol. The number of amides is 4. The smallest absolute Gasteiger partial charge is 0.260 e. The van der Waals surface area contributed by atoms with E-state index in [0.717, 1.165) is 16.1 Å². The number of phenols is 1. The Kier molecular flexibility index (Phi) is 7.17. The maximum Gasteiger partial charge on any atom is 0.260 e. The van der Waals surface area contributed by atoms with Crippen LogP contribution in [-0.4, -0.2) is 40.9 Å². The Balaban J connectivity index is 1.34. The molecule has 0 radical (unpaired) electrons. The van der Waals surface area contributed by atoms with Gasteiger partial charge in [0.15, 0.2) is 0 Å². The number of carbonyl (C=O) groups excluding carboxylic acids is 4. The number of imide groups is 2. The van der Waals surface area contributed by atoms with E-state index < -0.39 is 46.8 Å². The molecule has 2 saturated heterocycles. The van der Waals surface area contributed by atoms with Crippen LogP contribution in [0.15, 0.2) is 115 Å². The van der Waals surface area contributed by atoms with Gasteiger partial charge in [-0.2, -0.15) is 5.01 Å². The number of rotatable bonds is 6. The minimum atomic E-state index is -1.43. The SMILES string of the molecule is COc1cc(O)ccc1[C@H]1C2=CC[C@@H]3C(=O)N(c4ccccc4)C(=O)[C@@H]3[C@@H]2C[C@H]2C(=O)N(Nc3ccc(C)cc3)C(=O)[C@@]12c1ccccc1. The van der Waals surface area contributed by atoms with Crippen LogP contribution in [0.2, 0.25) is 0 Å². The number of methoxy groups -OCH3 is 1. The maximum absolute atomic E-state index is 15.2. The molecule has 49 heavy (non-hydrogen) atoms. The number of hydrogen-bond donors (Lipinski definition) is 2. The highest BCUT2D eigenvalue weighted by molar-refractivity contribution is 6.22. The molecule has 4 aromatic rings. The molecule has 4 aromatic carbocycles. The predicted molar refractivity (Wildman–Crippen MR) is 182 cm³/mol. The summed E-state index contributed by atoms with van der Waals surface area (Å²) in [6, 6.07) is 30.5. The fraction of sp³-hybridized carbons (Fsp3) is 0.250. The summed E-state index contributed by atoms with van der Waals surface area (Å²) in [7, 11) is 1.50. The van der Waals surface area contributed by atoms with E-state index >= 15 is 4.79 Å². The van der Waals surface area contributed by atoms with Gasteiger partial charge < -0.3 is 9.84 Å². The Hall–Kier alpha value is -5.70. The van der Waals surface area contributed by atoms with Crippen molar-refractivity contribution in [2.24, 2.45) is 23.7 Å². The van der Waals surface area contributed by atoms with Crippen molar-refractivity contribution in [3.8, 4) is 11.5 Å². The molecule has 9 nitrogen and oxygen atoms in total. The molecule has 6 atom stereocenters. The molecule has 2 aliphatic carbocycles. The largest absolute Gasteiger partial charge is 0.508 e. The van der Waals surface area contributed by atoms with E-state index in [2.05, 4.69) is 5.43 Å². The van der Waals surface area contributed by atoms with Gasteiger partial charge in [-0.25, -0.2) is 0 Å². The minimum absolute atomic E-state index is 0.0116. The number of ether oxygens (including phenoxy) is 1. The van der Waals surface area contributed by atoms with Gasteiger partial charge in [0.05, 0.1) is 41.7 Å². The zero-order valence-corrected chi connectivity index (χ0v) is 27.1. The first-order valence-electron chi connectivity index (χ1n) is 16.5. The molecule has 3 fully saturated rings. The van der Waals surface area contributed by atoms with Gasteiger partial charge >= 0.3 is 0 Å². The van der Waals surface area contributed by atoms with E-state index in [-0.39, 0.29) is 24.0 Å². The normalized spacial score (nSPS) is 27.4. The van der Waals surface area contributed by atoms with Crippen LogP contribution < -0.4 is 15.1 Å². The molecule has 2 heterocycles. The summed E-state index contributed by atoms with van der Waals surface area (Å²) in [5.41, 5.74) is 5.90. The predicted octanol–water partition coefficient (Wildman–Crippen LogP) is 5.90. The zero-order valence-electron chi connectivity index (χ0n) is 27.1. The molecule has 4 amide bonds. The third-order valence-corrected chi connectivity index (χ3v) is 10.9. The van der Waals surface area contributed by atoms with Crippen LogP contribution in [0.5, 0.6) is 11.5 Å². The van der Waals surface area contributed by atoms with Gasteiger partial charge in [0.25, 0.3) is 11.8 Å². The van der Waals surface area contributed by atoms with Gasteiger partial charge in [0.2, 0.25) is 11.8 Å². The number of aryl methyl sites for hydroxylation is 1. The molecule has 8 rings (SSSR count). The molecule has 0 spiro atoms. The Morgan fingerprint density at radius 1 is 0.816 bits per heavy atom. The van der Waals surface area contributed by atoms with E-state index in [0.29, 0.717) is 34.7 Å². The van der Waals surface area contributed by atoms with Crippen LogP contribution in [0, 0.1) is 30.6 Å². The van der Waals surface area contributed by atoms with Crippen LogP contribution in [0.1, 0.15) is 35.4 Å². The minimum Gasteiger partial charge on any atom is -0.508 e. The van der Waals surface area contributed by atoms with Crippen LogP contribution in [-0.2, 0) is 24.6 Å². The van der Waals surface area contributed by atoms with Crippen LogP contribution >= 0.6 is 0 Å². The molecule has 246 valence electrons. The number of phenolic OH excluding ortho intramolecular Hbond substituents is 1. The Morgan fingerprint density at radius 2 is 1.51 bits per heavy atom. The number of hydrogen-bond acceptors (Lipinski definition) is 7. The molecule has 4 aliphatic rings. The van der Waals surface area contributed by atoms with E-state index in [1.807, 2.05) is 73.7 Å². The number of benzene rings is 4. The number of nitrogens with one attached hydrogen (secondary N) is 1. The van der Waals surface area contributed by atoms with Gasteiger partial charge in [-0.05, 0) is 61.6 Å². The van der Waals surface area contributed by atoms with Crippen LogP contribution in [0.25, 0.3) is 0 Å². The number of nitrogens with zero attached hydrogens (tertiary/aromatic N) is 2. The van der Waals surface area contributed by atoms with E-state index in [9.17, 15) is 19.5 Å². The van der Waals surface area contributed by atoms with Crippen LogP contribution in [0.3, 0.4) is 0 Å². The van der Waals surface area contributed by atoms with Gasteiger partial charge in [0.1, 0.15) is 11.5 Å². The second-order valence-electron chi connectivity index (χ2n) is 13.4. The summed E-state index contributed by atoms with van der Waals surface area (Å²) in [6.07, 6.45) is 2.51. The van der Waals surface area contributed by atoms with E-state index in [4.69, 9.17) is 4.74 Å². The van der Waals surface area contributed by atoms with Gasteiger partial charge in [0, 0.05) is 17.5 Å². The Morgan fingerprint density at radius 3 is 2.20 bits per heavy atom. The van der Waals surface area contributed by atoms with Crippen molar-refractivity contribution in [3.63, 3.8) is 0 Å². The summed E-state index contributed by atoms with van der Waals surface area (Å²) >= 11 is 0. The fourth-order valence-corrected chi connectivity index (χ4v) is 8.86. The zero-order chi connectivity index (χ0) is 34.0. The highest BCUT2D eigenvalue weighted by Gasteiger charge is 2.70. The first-order chi connectivity index (χ1) is 23.7. The van der Waals surface area contributed by atoms with Gasteiger partial charge in [-0.15, -0.1) is 0 Å². The molecule has 2 aliphatic heterocycles. The fourth-order valence-electron chi connectivity index (χ4n) is 8.86. The standard InChI is InChI=1S/C40H35N3O6/c1-23-13-15-25(16-14-23)41-43-37(46)32-22-31-28(19-20-30-34(31)38(47)42(36(30)45)26-11-7-4-8-12-26)35(29-18-17-27(44)21-33(29)49-2)40(32,39(43)48)24-9-5-3-6-10-24/h3-19,21,30-32,34-35,41,44H,20,22H2,1-2H3/t30-,31+,32-,34-,35+,40+/m0/s1. The summed E-state index contributed by atoms with van der Waals surface area (Å²) in [5, 5.41) is 11.6. The lowest BCUT2D eigenvalue weighted by Gasteiger charge is -2.50. The van der Waals surface area contributed by atoms with Crippen molar-refractivity contribution < 1.29 is 29.0 Å². The Bertz CT molecular complexity index is 2030. The van der Waals surface area contributed by atoms with Gasteiger partial charge in [-0.3, -0.25) is 29.5 Å². The topological polar surface area (TPSA) is 116 Å². The Labute approximate surface area is 283 Å². The number of anilines is 2. The first kappa shape index (κ1) is 30.6. The number of hydrazine groups is 1. The number of allylic oxidation sites excluding steroid dienone is 2. The molecule has 0 aromatic heterocycles. The van der Waals surface area contributed by atoms with E-state index in [1.54, 1.807) is 36.4 Å². The molecular formula is C40H35N3O6. The van der Waals surface area contributed by atoms with Gasteiger partial charge in [-0.1, -0.05) is 83.9 Å². The average molecular weight is 654 g/mol. The number of aromatic hydroxyl groups is 1. The summed E-state index contributed by atoms with van der Waals surface area (Å²) in [6.45, 7) is 1.96. The van der Waals surface area contributed by atoms with Crippen molar-refractivity contribution in [1.82, 2.24) is 5.01 Å². The molecule has 0 bridgehead atoms. The highest BCUT2D eigenvalue weighted by atomic mass is 16.5. The maximum atomic E-state index is 15.2. The van der Waals surface area contributed by atoms with Crippen LogP contribution in [0.4, 0.5) is 11.4 Å². The third-order valence-electron chi connectivity index (χ3n) is 10.9. The van der Waals surface area contributed by atoms with Crippen molar-refractivity contribution in [2.75, 3.05) is 17.4 Å². The quantitative estimate of drug-likeness (QED) is 0.197. The molecule has 2 N–H and O–H groups in total. The highest BCUT2D eigenvalue weighted by Crippen LogP contribution is 2.65. The summed E-state index contributed by atoms with van der Waals surface area (Å²) in [4.78, 5) is 59.6. The second-order valence-corrected chi connectivity index (χ2v) is 13.4. The summed E-state index contributed by atoms with van der Waals surface area (Å²) in [5.74, 6) is -4.51. The lowest BCUT2D eigenvalue weighted by atomic mass is 9.49. The third kappa shape index (κ3) is 4.45. The number of para-hydroxylation sites is 1.